The van der Waals surface area contributed by atoms with Gasteiger partial charge < -0.3 is 5.32 Å². The average molecular weight is 275 g/mol. The van der Waals surface area contributed by atoms with Crippen molar-refractivity contribution >= 4 is 27.5 Å². The predicted molar refractivity (Wildman–Crippen MR) is 65.6 cm³/mol. The molecule has 3 heteroatoms. The molecule has 0 aliphatic heterocycles. The molecule has 1 rings (SSSR count). The van der Waals surface area contributed by atoms with Crippen LogP contribution in [0.15, 0.2) is 34.3 Å². The highest BCUT2D eigenvalue weighted by Crippen LogP contribution is 2.17. The van der Waals surface area contributed by atoms with E-state index in [1.54, 1.807) is 0 Å². The van der Waals surface area contributed by atoms with Crippen LogP contribution in [0.25, 0.3) is 0 Å². The Morgan fingerprint density at radius 2 is 2.29 bits per heavy atom. The van der Waals surface area contributed by atoms with Crippen LogP contribution in [0.4, 0.5) is 0 Å². The van der Waals surface area contributed by atoms with E-state index in [1.807, 2.05) is 0 Å². The zero-order chi connectivity index (χ0) is 10.6. The third kappa shape index (κ3) is 3.82. The van der Waals surface area contributed by atoms with Gasteiger partial charge in [0.2, 0.25) is 0 Å². The lowest BCUT2D eigenvalue weighted by molar-refractivity contribution is 0.754. The standard InChI is InChI=1S/C11H13BrClN/c1-8-3-4-10(5-11(8)12)7-14-6-9(2)13/h3-5,14H,2,6-7H2,1H3. The van der Waals surface area contributed by atoms with E-state index >= 15 is 0 Å². The molecule has 0 saturated carbocycles. The van der Waals surface area contributed by atoms with Crippen molar-refractivity contribution in [2.45, 2.75) is 13.5 Å². The molecule has 0 radical (unpaired) electrons. The summed E-state index contributed by atoms with van der Waals surface area (Å²) >= 11 is 9.13. The van der Waals surface area contributed by atoms with Crippen molar-refractivity contribution in [2.75, 3.05) is 6.54 Å². The van der Waals surface area contributed by atoms with Gasteiger partial charge in [-0.25, -0.2) is 0 Å². The van der Waals surface area contributed by atoms with Crippen LogP contribution in [0.5, 0.6) is 0 Å². The number of benzene rings is 1. The Labute approximate surface area is 98.3 Å². The third-order valence-corrected chi connectivity index (χ3v) is 2.87. The van der Waals surface area contributed by atoms with Gasteiger partial charge in [-0.15, -0.1) is 0 Å². The first kappa shape index (κ1) is 11.8. The van der Waals surface area contributed by atoms with Crippen LogP contribution in [-0.2, 0) is 6.54 Å². The zero-order valence-electron chi connectivity index (χ0n) is 8.11. The van der Waals surface area contributed by atoms with Gasteiger partial charge in [-0.3, -0.25) is 0 Å². The molecule has 0 heterocycles. The van der Waals surface area contributed by atoms with Crippen molar-refractivity contribution in [2.24, 2.45) is 0 Å². The number of aryl methyl sites for hydroxylation is 1. The summed E-state index contributed by atoms with van der Waals surface area (Å²) in [5.74, 6) is 0. The van der Waals surface area contributed by atoms with E-state index in [0.29, 0.717) is 11.6 Å². The van der Waals surface area contributed by atoms with E-state index in [9.17, 15) is 0 Å². The fourth-order valence-corrected chi connectivity index (χ4v) is 1.61. The summed E-state index contributed by atoms with van der Waals surface area (Å²) in [6, 6.07) is 6.31. The molecule has 1 aromatic rings. The van der Waals surface area contributed by atoms with E-state index in [1.165, 1.54) is 11.1 Å². The summed E-state index contributed by atoms with van der Waals surface area (Å²) in [6.45, 7) is 7.14. The average Bonchev–Trinajstić information content (AvgIpc) is 2.10. The molecule has 0 amide bonds. The van der Waals surface area contributed by atoms with Gasteiger partial charge in [-0.05, 0) is 24.1 Å². The largest absolute Gasteiger partial charge is 0.308 e. The van der Waals surface area contributed by atoms with Gasteiger partial charge in [0.15, 0.2) is 0 Å². The van der Waals surface area contributed by atoms with Crippen LogP contribution < -0.4 is 5.32 Å². The van der Waals surface area contributed by atoms with Crippen molar-refractivity contribution < 1.29 is 0 Å². The molecule has 0 aromatic heterocycles. The second-order valence-corrected chi connectivity index (χ2v) is 4.59. The number of halogens is 2. The Morgan fingerprint density at radius 1 is 1.57 bits per heavy atom. The highest BCUT2D eigenvalue weighted by molar-refractivity contribution is 9.10. The van der Waals surface area contributed by atoms with E-state index in [4.69, 9.17) is 11.6 Å². The minimum Gasteiger partial charge on any atom is -0.308 e. The van der Waals surface area contributed by atoms with Crippen LogP contribution in [-0.4, -0.2) is 6.54 Å². The number of hydrogen-bond donors (Lipinski definition) is 1. The molecule has 1 aromatic carbocycles. The fourth-order valence-electron chi connectivity index (χ4n) is 1.09. The minimum atomic E-state index is 0.635. The molecule has 1 nitrogen and oxygen atoms in total. The predicted octanol–water partition coefficient (Wildman–Crippen LogP) is 3.60. The van der Waals surface area contributed by atoms with Crippen LogP contribution in [0.2, 0.25) is 0 Å². The molecule has 0 aliphatic carbocycles. The van der Waals surface area contributed by atoms with E-state index in [-0.39, 0.29) is 0 Å². The van der Waals surface area contributed by atoms with Crippen molar-refractivity contribution in [3.8, 4) is 0 Å². The van der Waals surface area contributed by atoms with Crippen LogP contribution >= 0.6 is 27.5 Å². The van der Waals surface area contributed by atoms with E-state index in [0.717, 1.165) is 11.0 Å². The van der Waals surface area contributed by atoms with Gasteiger partial charge in [0.25, 0.3) is 0 Å². The molecule has 0 bridgehead atoms. The van der Waals surface area contributed by atoms with Gasteiger partial charge in [0.1, 0.15) is 0 Å². The summed E-state index contributed by atoms with van der Waals surface area (Å²) in [5.41, 5.74) is 2.48. The summed E-state index contributed by atoms with van der Waals surface area (Å²) in [5, 5.41) is 3.83. The summed E-state index contributed by atoms with van der Waals surface area (Å²) in [4.78, 5) is 0. The lowest BCUT2D eigenvalue weighted by Gasteiger charge is -2.05. The summed E-state index contributed by atoms with van der Waals surface area (Å²) in [6.07, 6.45) is 0. The Balaban J connectivity index is 2.51. The van der Waals surface area contributed by atoms with E-state index < -0.39 is 0 Å². The maximum atomic E-state index is 5.63. The Kier molecular flexibility index (Phi) is 4.66. The van der Waals surface area contributed by atoms with Gasteiger partial charge in [-0.2, -0.15) is 0 Å². The first-order valence-electron chi connectivity index (χ1n) is 4.38. The molecule has 1 N–H and O–H groups in total. The molecule has 0 aliphatic rings. The van der Waals surface area contributed by atoms with Crippen molar-refractivity contribution in [1.29, 1.82) is 0 Å². The molecular weight excluding hydrogens is 261 g/mol. The van der Waals surface area contributed by atoms with Gasteiger partial charge >= 0.3 is 0 Å². The van der Waals surface area contributed by atoms with Crippen LogP contribution in [0, 0.1) is 6.92 Å². The molecule has 0 saturated heterocycles. The van der Waals surface area contributed by atoms with Crippen LogP contribution in [0.3, 0.4) is 0 Å². The molecule has 76 valence electrons. The van der Waals surface area contributed by atoms with Gasteiger partial charge in [0.05, 0.1) is 0 Å². The number of nitrogens with one attached hydrogen (secondary N) is 1. The quantitative estimate of drug-likeness (QED) is 0.884. The molecule has 0 spiro atoms. The number of hydrogen-bond acceptors (Lipinski definition) is 1. The fraction of sp³-hybridized carbons (Fsp3) is 0.273. The highest BCUT2D eigenvalue weighted by Gasteiger charge is 1.97. The zero-order valence-corrected chi connectivity index (χ0v) is 10.5. The summed E-state index contributed by atoms with van der Waals surface area (Å²) in [7, 11) is 0. The highest BCUT2D eigenvalue weighted by atomic mass is 79.9. The molecule has 0 atom stereocenters. The maximum absolute atomic E-state index is 5.63. The first-order chi connectivity index (χ1) is 6.59. The minimum absolute atomic E-state index is 0.635. The van der Waals surface area contributed by atoms with Crippen molar-refractivity contribution in [1.82, 2.24) is 5.32 Å². The van der Waals surface area contributed by atoms with Gasteiger partial charge in [-0.1, -0.05) is 46.2 Å². The molecule has 0 fully saturated rings. The normalized spacial score (nSPS) is 10.2. The van der Waals surface area contributed by atoms with Crippen LogP contribution in [0.1, 0.15) is 11.1 Å². The lowest BCUT2D eigenvalue weighted by atomic mass is 10.1. The van der Waals surface area contributed by atoms with E-state index in [2.05, 4.69) is 52.9 Å². The first-order valence-corrected chi connectivity index (χ1v) is 5.55. The van der Waals surface area contributed by atoms with Crippen molar-refractivity contribution in [3.05, 3.63) is 45.4 Å². The molecule has 0 unspecified atom stereocenters. The third-order valence-electron chi connectivity index (χ3n) is 1.88. The topological polar surface area (TPSA) is 12.0 Å². The number of rotatable bonds is 4. The molecule has 14 heavy (non-hydrogen) atoms. The lowest BCUT2D eigenvalue weighted by Crippen LogP contribution is -2.14. The van der Waals surface area contributed by atoms with Gasteiger partial charge in [0, 0.05) is 22.6 Å². The Bertz CT molecular complexity index is 336. The Morgan fingerprint density at radius 3 is 2.86 bits per heavy atom. The monoisotopic (exact) mass is 273 g/mol. The van der Waals surface area contributed by atoms with Crippen molar-refractivity contribution in [3.63, 3.8) is 0 Å². The second kappa shape index (κ2) is 5.54. The second-order valence-electron chi connectivity index (χ2n) is 3.20. The maximum Gasteiger partial charge on any atom is 0.0310 e. The SMILES string of the molecule is C=C(Cl)CNCc1ccc(C)c(Br)c1. The smallest absolute Gasteiger partial charge is 0.0310 e. The summed E-state index contributed by atoms with van der Waals surface area (Å²) < 4.78 is 1.14. The molecular formula is C11H13BrClN. The Hall–Kier alpha value is -0.310.